The molecule has 0 radical (unpaired) electrons. The maximum Gasteiger partial charge on any atom is 0.338 e. The smallest absolute Gasteiger partial charge is 0.338 e. The number of hydrogen-bond donors (Lipinski definition) is 1. The highest BCUT2D eigenvalue weighted by atomic mass is 35.5. The van der Waals surface area contributed by atoms with Crippen molar-refractivity contribution >= 4 is 46.6 Å². The van der Waals surface area contributed by atoms with Crippen LogP contribution in [0.5, 0.6) is 5.75 Å². The molecule has 0 saturated carbocycles. The summed E-state index contributed by atoms with van der Waals surface area (Å²) >= 11 is 7.44. The van der Waals surface area contributed by atoms with Crippen LogP contribution >= 0.6 is 22.9 Å². The molecule has 0 saturated heterocycles. The van der Waals surface area contributed by atoms with E-state index < -0.39 is 18.0 Å². The number of aromatic carboxylic acids is 1. The molecule has 0 fully saturated rings. The number of rotatable bonds is 9. The Morgan fingerprint density at radius 1 is 0.978 bits per heavy atom. The number of nitrogens with zero attached hydrogens (tertiary/aromatic N) is 2. The lowest BCUT2D eigenvalue weighted by atomic mass is 9.93. The van der Waals surface area contributed by atoms with Crippen LogP contribution in [0.3, 0.4) is 0 Å². The second-order valence-electron chi connectivity index (χ2n) is 10.3. The van der Waals surface area contributed by atoms with Crippen LogP contribution < -0.4 is 19.6 Å². The summed E-state index contributed by atoms with van der Waals surface area (Å²) in [6.07, 6.45) is 1.78. The largest absolute Gasteiger partial charge is 0.489 e. The highest BCUT2D eigenvalue weighted by molar-refractivity contribution is 7.07. The lowest BCUT2D eigenvalue weighted by molar-refractivity contribution is -0.138. The van der Waals surface area contributed by atoms with E-state index in [2.05, 4.69) is 0 Å². The summed E-state index contributed by atoms with van der Waals surface area (Å²) in [6, 6.07) is 29.4. The molecule has 10 heteroatoms. The Kier molecular flexibility index (Phi) is 8.96. The van der Waals surface area contributed by atoms with Gasteiger partial charge in [-0.05, 0) is 66.1 Å². The third-order valence-corrected chi connectivity index (χ3v) is 8.55. The molecule has 2 heterocycles. The molecular weight excluding hydrogens is 624 g/mol. The van der Waals surface area contributed by atoms with Crippen LogP contribution in [0.4, 0.5) is 0 Å². The Morgan fingerprint density at radius 3 is 2.41 bits per heavy atom. The standard InChI is InChI=1S/C36H27ClN2O6S/c1-2-44-35(43)30-31(24-8-4-3-5-9-24)38-36-39(32(30)25-13-15-27(37)16-14-25)33(40)29(46-36)20-22-11-17-28(18-12-22)45-21-23-7-6-10-26(19-23)34(41)42/h3-20,32H,2,21H2,1H3,(H,41,42)/b29-20-/t32-/m1/s1. The zero-order valence-electron chi connectivity index (χ0n) is 24.6. The first-order valence-corrected chi connectivity index (χ1v) is 15.6. The van der Waals surface area contributed by atoms with E-state index in [1.165, 1.54) is 17.4 Å². The number of fused-ring (bicyclic) bond motifs is 1. The molecule has 0 spiro atoms. The predicted molar refractivity (Wildman–Crippen MR) is 177 cm³/mol. The first kappa shape index (κ1) is 30.8. The van der Waals surface area contributed by atoms with Gasteiger partial charge in [0.05, 0.1) is 34.0 Å². The maximum atomic E-state index is 14.1. The summed E-state index contributed by atoms with van der Waals surface area (Å²) in [5, 5.41) is 9.76. The first-order chi connectivity index (χ1) is 22.3. The summed E-state index contributed by atoms with van der Waals surface area (Å²) in [6.45, 7) is 2.10. The van der Waals surface area contributed by atoms with Gasteiger partial charge in [-0.25, -0.2) is 14.6 Å². The van der Waals surface area contributed by atoms with E-state index in [1.807, 2.05) is 42.5 Å². The van der Waals surface area contributed by atoms with Gasteiger partial charge in [0.1, 0.15) is 12.4 Å². The number of esters is 1. The Hall–Kier alpha value is -5.25. The highest BCUT2D eigenvalue weighted by Gasteiger charge is 2.35. The van der Waals surface area contributed by atoms with Gasteiger partial charge in [0.25, 0.3) is 5.56 Å². The average molecular weight is 651 g/mol. The fourth-order valence-corrected chi connectivity index (χ4v) is 6.30. The van der Waals surface area contributed by atoms with Crippen molar-refractivity contribution in [3.8, 4) is 5.75 Å². The molecular formula is C36H27ClN2O6S. The van der Waals surface area contributed by atoms with Gasteiger partial charge in [0, 0.05) is 10.6 Å². The van der Waals surface area contributed by atoms with Gasteiger partial charge in [-0.2, -0.15) is 0 Å². The molecule has 5 aromatic rings. The van der Waals surface area contributed by atoms with E-state index in [-0.39, 0.29) is 29.9 Å². The summed E-state index contributed by atoms with van der Waals surface area (Å²) < 4.78 is 13.3. The number of ether oxygens (including phenoxy) is 2. The van der Waals surface area contributed by atoms with Crippen molar-refractivity contribution in [2.24, 2.45) is 4.99 Å². The third kappa shape index (κ3) is 6.42. The normalized spacial score (nSPS) is 14.4. The lowest BCUT2D eigenvalue weighted by Crippen LogP contribution is -2.40. The van der Waals surface area contributed by atoms with Gasteiger partial charge in [0.2, 0.25) is 0 Å². The molecule has 1 aliphatic heterocycles. The van der Waals surface area contributed by atoms with E-state index in [0.29, 0.717) is 31.4 Å². The number of aromatic nitrogens is 1. The zero-order valence-corrected chi connectivity index (χ0v) is 26.1. The molecule has 1 N–H and O–H groups in total. The number of carboxylic acid groups (broad SMARTS) is 1. The van der Waals surface area contributed by atoms with Crippen molar-refractivity contribution in [1.82, 2.24) is 4.57 Å². The summed E-state index contributed by atoms with van der Waals surface area (Å²) in [5.41, 5.74) is 3.54. The van der Waals surface area contributed by atoms with Crippen LogP contribution in [0.15, 0.2) is 118 Å². The van der Waals surface area contributed by atoms with Crippen LogP contribution in [0.2, 0.25) is 5.02 Å². The van der Waals surface area contributed by atoms with Crippen molar-refractivity contribution in [3.63, 3.8) is 0 Å². The van der Waals surface area contributed by atoms with Crippen LogP contribution in [0, 0.1) is 0 Å². The topological polar surface area (TPSA) is 107 Å². The lowest BCUT2D eigenvalue weighted by Gasteiger charge is -2.25. The van der Waals surface area contributed by atoms with Crippen molar-refractivity contribution in [3.05, 3.63) is 161 Å². The quantitative estimate of drug-likeness (QED) is 0.200. The minimum atomic E-state index is -0.996. The van der Waals surface area contributed by atoms with E-state index in [9.17, 15) is 19.5 Å². The SMILES string of the molecule is CCOC(=O)C1=C(c2ccccc2)N=c2s/c(=C\c3ccc(OCc4cccc(C(=O)O)c4)cc3)c(=O)n2[C@@H]1c1ccc(Cl)cc1. The van der Waals surface area contributed by atoms with Crippen molar-refractivity contribution < 1.29 is 24.2 Å². The highest BCUT2D eigenvalue weighted by Crippen LogP contribution is 2.35. The molecule has 1 aromatic heterocycles. The van der Waals surface area contributed by atoms with Crippen molar-refractivity contribution in [2.45, 2.75) is 19.6 Å². The number of thiazole rings is 1. The van der Waals surface area contributed by atoms with E-state index in [0.717, 1.165) is 16.7 Å². The molecule has 6 rings (SSSR count). The molecule has 0 aliphatic carbocycles. The molecule has 1 atom stereocenters. The fraction of sp³-hybridized carbons (Fsp3) is 0.111. The zero-order chi connectivity index (χ0) is 32.2. The fourth-order valence-electron chi connectivity index (χ4n) is 5.17. The van der Waals surface area contributed by atoms with Gasteiger partial charge in [-0.3, -0.25) is 9.36 Å². The minimum absolute atomic E-state index is 0.163. The Bertz CT molecular complexity index is 2140. The Labute approximate surface area is 272 Å². The maximum absolute atomic E-state index is 14.1. The number of carbonyl (C=O) groups excluding carboxylic acids is 1. The third-order valence-electron chi connectivity index (χ3n) is 7.32. The van der Waals surface area contributed by atoms with E-state index in [1.54, 1.807) is 72.2 Å². The summed E-state index contributed by atoms with van der Waals surface area (Å²) in [5.74, 6) is -0.956. The molecule has 0 bridgehead atoms. The first-order valence-electron chi connectivity index (χ1n) is 14.4. The molecule has 46 heavy (non-hydrogen) atoms. The van der Waals surface area contributed by atoms with Gasteiger partial charge in [-0.15, -0.1) is 0 Å². The number of hydrogen-bond acceptors (Lipinski definition) is 7. The molecule has 1 aliphatic rings. The second-order valence-corrected chi connectivity index (χ2v) is 11.8. The Balaban J connectivity index is 1.40. The minimum Gasteiger partial charge on any atom is -0.489 e. The monoisotopic (exact) mass is 650 g/mol. The molecule has 8 nitrogen and oxygen atoms in total. The van der Waals surface area contributed by atoms with E-state index >= 15 is 0 Å². The number of carbonyl (C=O) groups is 2. The summed E-state index contributed by atoms with van der Waals surface area (Å²) in [7, 11) is 0. The Morgan fingerprint density at radius 2 is 1.72 bits per heavy atom. The van der Waals surface area contributed by atoms with Crippen LogP contribution in [-0.4, -0.2) is 28.2 Å². The van der Waals surface area contributed by atoms with Gasteiger partial charge < -0.3 is 14.6 Å². The predicted octanol–water partition coefficient (Wildman–Crippen LogP) is 5.87. The van der Waals surface area contributed by atoms with Gasteiger partial charge >= 0.3 is 11.9 Å². The average Bonchev–Trinajstić information content (AvgIpc) is 3.38. The van der Waals surface area contributed by atoms with Crippen LogP contribution in [-0.2, 0) is 16.1 Å². The number of carboxylic acids is 1. The van der Waals surface area contributed by atoms with Crippen molar-refractivity contribution in [2.75, 3.05) is 6.61 Å². The summed E-state index contributed by atoms with van der Waals surface area (Å²) in [4.78, 5) is 44.2. The molecule has 0 unspecified atom stereocenters. The molecule has 0 amide bonds. The van der Waals surface area contributed by atoms with Gasteiger partial charge in [-0.1, -0.05) is 89.7 Å². The molecule has 230 valence electrons. The van der Waals surface area contributed by atoms with Gasteiger partial charge in [0.15, 0.2) is 4.80 Å². The number of benzene rings is 4. The van der Waals surface area contributed by atoms with Crippen LogP contribution in [0.1, 0.15) is 45.6 Å². The second kappa shape index (κ2) is 13.4. The van der Waals surface area contributed by atoms with Crippen LogP contribution in [0.25, 0.3) is 11.8 Å². The number of halogens is 1. The van der Waals surface area contributed by atoms with E-state index in [4.69, 9.17) is 26.1 Å². The van der Waals surface area contributed by atoms with Crippen molar-refractivity contribution in [1.29, 1.82) is 0 Å². The molecule has 4 aromatic carbocycles.